The quantitative estimate of drug-likeness (QED) is 0.845. The lowest BCUT2D eigenvalue weighted by Gasteiger charge is -2.26. The van der Waals surface area contributed by atoms with Crippen LogP contribution in [0.4, 0.5) is 0 Å². The predicted octanol–water partition coefficient (Wildman–Crippen LogP) is 1.45. The summed E-state index contributed by atoms with van der Waals surface area (Å²) in [5, 5.41) is 9.43. The van der Waals surface area contributed by atoms with Crippen molar-refractivity contribution < 1.29 is 19.0 Å². The van der Waals surface area contributed by atoms with Gasteiger partial charge in [-0.2, -0.15) is 5.26 Å². The van der Waals surface area contributed by atoms with Crippen LogP contribution in [0.1, 0.15) is 19.4 Å². The van der Waals surface area contributed by atoms with Crippen molar-refractivity contribution in [2.45, 2.75) is 44.4 Å². The summed E-state index contributed by atoms with van der Waals surface area (Å²) < 4.78 is 16.5. The zero-order chi connectivity index (χ0) is 15.9. The third kappa shape index (κ3) is 2.43. The molecule has 2 aliphatic heterocycles. The van der Waals surface area contributed by atoms with Gasteiger partial charge in [0.25, 0.3) is 5.91 Å². The first-order valence-corrected chi connectivity index (χ1v) is 7.14. The number of likely N-dealkylation sites (tertiary alicyclic amines) is 1. The zero-order valence-corrected chi connectivity index (χ0v) is 12.8. The Balaban J connectivity index is 1.79. The van der Waals surface area contributed by atoms with E-state index < -0.39 is 24.0 Å². The molecule has 1 amide bonds. The minimum atomic E-state index is -0.827. The molecule has 3 rings (SSSR count). The van der Waals surface area contributed by atoms with Crippen molar-refractivity contribution in [3.05, 3.63) is 29.8 Å². The monoisotopic (exact) mass is 302 g/mol. The molecule has 2 heterocycles. The Morgan fingerprint density at radius 1 is 1.32 bits per heavy atom. The number of hydrogen-bond donors (Lipinski definition) is 0. The van der Waals surface area contributed by atoms with Gasteiger partial charge in [0.2, 0.25) is 0 Å². The van der Waals surface area contributed by atoms with Gasteiger partial charge in [-0.25, -0.2) is 0 Å². The van der Waals surface area contributed by atoms with Crippen LogP contribution in [0.2, 0.25) is 0 Å². The number of ether oxygens (including phenoxy) is 3. The second kappa shape index (κ2) is 5.27. The number of rotatable bonds is 3. The maximum Gasteiger partial charge on any atom is 0.256 e. The highest BCUT2D eigenvalue weighted by atomic mass is 16.8. The van der Waals surface area contributed by atoms with Crippen LogP contribution in [0.15, 0.2) is 24.3 Å². The van der Waals surface area contributed by atoms with Gasteiger partial charge in [0.05, 0.1) is 13.2 Å². The van der Waals surface area contributed by atoms with Crippen molar-refractivity contribution in [1.29, 1.82) is 5.26 Å². The molecule has 0 spiro atoms. The summed E-state index contributed by atoms with van der Waals surface area (Å²) in [6.07, 6.45) is -1.23. The van der Waals surface area contributed by atoms with Gasteiger partial charge in [0, 0.05) is 6.54 Å². The molecule has 3 atom stereocenters. The second-order valence-corrected chi connectivity index (χ2v) is 5.91. The summed E-state index contributed by atoms with van der Waals surface area (Å²) in [6.45, 7) is 3.85. The molecule has 0 bridgehead atoms. The van der Waals surface area contributed by atoms with E-state index in [1.807, 2.05) is 24.3 Å². The second-order valence-electron chi connectivity index (χ2n) is 5.91. The standard InChI is InChI=1S/C16H18N2O4/c1-16(2)21-13-12(8-17)18(15(19)14(13)22-16)9-10-4-6-11(20-3)7-5-10/h4-7,12-14H,9H2,1-3H3/t12-,13+,14+/m0/s1. The Morgan fingerprint density at radius 3 is 2.59 bits per heavy atom. The highest BCUT2D eigenvalue weighted by Gasteiger charge is 2.57. The van der Waals surface area contributed by atoms with E-state index >= 15 is 0 Å². The zero-order valence-electron chi connectivity index (χ0n) is 12.8. The molecule has 0 radical (unpaired) electrons. The summed E-state index contributed by atoms with van der Waals surface area (Å²) in [5.74, 6) is -0.275. The van der Waals surface area contributed by atoms with Crippen LogP contribution in [0, 0.1) is 11.3 Å². The smallest absolute Gasteiger partial charge is 0.256 e. The number of nitrogens with zero attached hydrogens (tertiary/aromatic N) is 2. The van der Waals surface area contributed by atoms with Crippen molar-refractivity contribution in [1.82, 2.24) is 4.90 Å². The molecule has 22 heavy (non-hydrogen) atoms. The number of nitriles is 1. The molecular formula is C16H18N2O4. The minimum Gasteiger partial charge on any atom is -0.497 e. The minimum absolute atomic E-state index is 0.196. The van der Waals surface area contributed by atoms with Crippen molar-refractivity contribution >= 4 is 5.91 Å². The SMILES string of the molecule is COc1ccc(CN2C(=O)[C@@H]3OC(C)(C)O[C@@H]3[C@@H]2C#N)cc1. The molecule has 0 aliphatic carbocycles. The average molecular weight is 302 g/mol. The summed E-state index contributed by atoms with van der Waals surface area (Å²) in [4.78, 5) is 14.0. The summed E-state index contributed by atoms with van der Waals surface area (Å²) in [6, 6.07) is 8.94. The van der Waals surface area contributed by atoms with Crippen LogP contribution in [0.25, 0.3) is 0 Å². The lowest BCUT2D eigenvalue weighted by atomic mass is 10.1. The van der Waals surface area contributed by atoms with Crippen LogP contribution in [-0.4, -0.2) is 42.0 Å². The van der Waals surface area contributed by atoms with E-state index in [1.54, 1.807) is 21.0 Å². The number of carbonyl (C=O) groups excluding carboxylic acids is 1. The van der Waals surface area contributed by atoms with Gasteiger partial charge in [0.15, 0.2) is 11.9 Å². The lowest BCUT2D eigenvalue weighted by molar-refractivity contribution is -0.171. The van der Waals surface area contributed by atoms with E-state index in [9.17, 15) is 10.1 Å². The molecule has 2 aliphatic rings. The van der Waals surface area contributed by atoms with E-state index in [0.29, 0.717) is 6.54 Å². The van der Waals surface area contributed by atoms with Crippen molar-refractivity contribution in [3.63, 3.8) is 0 Å². The fourth-order valence-corrected chi connectivity index (χ4v) is 2.94. The van der Waals surface area contributed by atoms with Crippen molar-refractivity contribution in [2.75, 3.05) is 7.11 Å². The highest BCUT2D eigenvalue weighted by Crippen LogP contribution is 2.38. The van der Waals surface area contributed by atoms with Gasteiger partial charge in [-0.1, -0.05) is 12.1 Å². The van der Waals surface area contributed by atoms with Gasteiger partial charge < -0.3 is 19.1 Å². The lowest BCUT2D eigenvalue weighted by Crippen LogP contribution is -2.39. The third-order valence-corrected chi connectivity index (χ3v) is 3.95. The number of amides is 1. The first-order valence-electron chi connectivity index (χ1n) is 7.14. The Kier molecular flexibility index (Phi) is 3.55. The summed E-state index contributed by atoms with van der Waals surface area (Å²) in [7, 11) is 1.60. The summed E-state index contributed by atoms with van der Waals surface area (Å²) in [5.41, 5.74) is 0.925. The molecule has 0 saturated carbocycles. The van der Waals surface area contributed by atoms with E-state index in [4.69, 9.17) is 14.2 Å². The maximum atomic E-state index is 12.5. The van der Waals surface area contributed by atoms with Crippen LogP contribution >= 0.6 is 0 Å². The molecule has 0 unspecified atom stereocenters. The van der Waals surface area contributed by atoms with E-state index in [1.165, 1.54) is 4.90 Å². The summed E-state index contributed by atoms with van der Waals surface area (Å²) >= 11 is 0. The number of methoxy groups -OCH3 is 1. The van der Waals surface area contributed by atoms with Gasteiger partial charge in [-0.05, 0) is 31.5 Å². The largest absolute Gasteiger partial charge is 0.497 e. The Morgan fingerprint density at radius 2 is 2.00 bits per heavy atom. The Bertz CT molecular complexity index is 620. The fraction of sp³-hybridized carbons (Fsp3) is 0.500. The molecule has 1 aromatic carbocycles. The maximum absolute atomic E-state index is 12.5. The van der Waals surface area contributed by atoms with E-state index in [0.717, 1.165) is 11.3 Å². The van der Waals surface area contributed by atoms with Gasteiger partial charge in [0.1, 0.15) is 17.9 Å². The first-order chi connectivity index (χ1) is 10.4. The van der Waals surface area contributed by atoms with Gasteiger partial charge in [-0.3, -0.25) is 4.79 Å². The highest BCUT2D eigenvalue weighted by molar-refractivity contribution is 5.85. The average Bonchev–Trinajstić information content (AvgIpc) is 2.93. The molecular weight excluding hydrogens is 284 g/mol. The Hall–Kier alpha value is -2.10. The van der Waals surface area contributed by atoms with E-state index in [2.05, 4.69) is 6.07 Å². The first kappa shape index (κ1) is 14.8. The third-order valence-electron chi connectivity index (χ3n) is 3.95. The number of fused-ring (bicyclic) bond motifs is 1. The number of benzene rings is 1. The molecule has 6 nitrogen and oxygen atoms in total. The topological polar surface area (TPSA) is 71.8 Å². The van der Waals surface area contributed by atoms with Crippen LogP contribution in [-0.2, 0) is 20.8 Å². The van der Waals surface area contributed by atoms with Crippen LogP contribution in [0.3, 0.4) is 0 Å². The molecule has 116 valence electrons. The van der Waals surface area contributed by atoms with E-state index in [-0.39, 0.29) is 5.91 Å². The fourth-order valence-electron chi connectivity index (χ4n) is 2.94. The van der Waals surface area contributed by atoms with Crippen molar-refractivity contribution in [2.24, 2.45) is 0 Å². The molecule has 6 heteroatoms. The van der Waals surface area contributed by atoms with Crippen LogP contribution < -0.4 is 4.74 Å². The number of hydrogen-bond acceptors (Lipinski definition) is 5. The molecule has 0 aromatic heterocycles. The van der Waals surface area contributed by atoms with Gasteiger partial charge >= 0.3 is 0 Å². The predicted molar refractivity (Wildman–Crippen MR) is 76.8 cm³/mol. The normalized spacial score (nSPS) is 29.3. The van der Waals surface area contributed by atoms with Crippen LogP contribution in [0.5, 0.6) is 5.75 Å². The molecule has 0 N–H and O–H groups in total. The molecule has 2 saturated heterocycles. The molecule has 2 fully saturated rings. The van der Waals surface area contributed by atoms with Gasteiger partial charge in [-0.15, -0.1) is 0 Å². The number of carbonyl (C=O) groups is 1. The van der Waals surface area contributed by atoms with Crippen molar-refractivity contribution in [3.8, 4) is 11.8 Å². The Labute approximate surface area is 129 Å². The molecule has 1 aromatic rings.